The van der Waals surface area contributed by atoms with Crippen molar-refractivity contribution >= 4 is 33.6 Å². The minimum absolute atomic E-state index is 0.138. The Hall–Kier alpha value is -3.46. The largest absolute Gasteiger partial charge is 0.488 e. The summed E-state index contributed by atoms with van der Waals surface area (Å²) >= 11 is 0. The molecule has 1 saturated heterocycles. The molecule has 1 N–H and O–H groups in total. The fourth-order valence-electron chi connectivity index (χ4n) is 4.90. The quantitative estimate of drug-likeness (QED) is 0.472. The summed E-state index contributed by atoms with van der Waals surface area (Å²) in [5, 5.41) is 3.58. The Balaban J connectivity index is 1.16. The summed E-state index contributed by atoms with van der Waals surface area (Å²) in [6, 6.07) is 6.40. The first-order chi connectivity index (χ1) is 16.7. The third-order valence-electron chi connectivity index (χ3n) is 6.62. The molecule has 6 rings (SSSR count). The topological polar surface area (TPSA) is 98.4 Å². The smallest absolute Gasteiger partial charge is 0.194 e. The van der Waals surface area contributed by atoms with Gasteiger partial charge in [-0.3, -0.25) is 4.98 Å². The highest BCUT2D eigenvalue weighted by molar-refractivity contribution is 5.85. The zero-order chi connectivity index (χ0) is 22.9. The number of ether oxygens (including phenoxy) is 2. The number of rotatable bonds is 5. The number of hydrogen-bond donors (Lipinski definition) is 1. The molecule has 2 aliphatic rings. The molecule has 0 atom stereocenters. The number of aryl methyl sites for hydroxylation is 1. The molecule has 1 aromatic carbocycles. The fraction of sp³-hybridized carbons (Fsp3) is 0.440. The molecule has 34 heavy (non-hydrogen) atoms. The van der Waals surface area contributed by atoms with Crippen LogP contribution in [-0.4, -0.2) is 58.4 Å². The molecular formula is C25H28N6O3. The third-order valence-corrected chi connectivity index (χ3v) is 6.62. The molecule has 4 aromatic rings. The molecular weight excluding hydrogens is 432 g/mol. The van der Waals surface area contributed by atoms with E-state index in [0.29, 0.717) is 11.6 Å². The highest BCUT2D eigenvalue weighted by Gasteiger charge is 2.25. The van der Waals surface area contributed by atoms with Crippen LogP contribution in [0.25, 0.3) is 22.1 Å². The van der Waals surface area contributed by atoms with Crippen LogP contribution >= 0.6 is 0 Å². The van der Waals surface area contributed by atoms with Gasteiger partial charge in [-0.1, -0.05) is 0 Å². The molecule has 0 bridgehead atoms. The molecule has 0 spiro atoms. The third kappa shape index (κ3) is 4.23. The Bertz CT molecular complexity index is 1290. The van der Waals surface area contributed by atoms with Crippen LogP contribution in [0.15, 0.2) is 41.3 Å². The van der Waals surface area contributed by atoms with Gasteiger partial charge in [-0.05, 0) is 38.7 Å². The number of anilines is 2. The minimum Gasteiger partial charge on any atom is -0.488 e. The van der Waals surface area contributed by atoms with Crippen molar-refractivity contribution in [3.8, 4) is 5.75 Å². The van der Waals surface area contributed by atoms with E-state index in [-0.39, 0.29) is 6.10 Å². The number of furan rings is 1. The van der Waals surface area contributed by atoms with Crippen LogP contribution in [0.5, 0.6) is 5.75 Å². The van der Waals surface area contributed by atoms with Crippen molar-refractivity contribution in [2.45, 2.75) is 44.8 Å². The molecule has 9 nitrogen and oxygen atoms in total. The predicted molar refractivity (Wildman–Crippen MR) is 129 cm³/mol. The molecule has 0 unspecified atom stereocenters. The van der Waals surface area contributed by atoms with Crippen molar-refractivity contribution in [1.29, 1.82) is 0 Å². The van der Waals surface area contributed by atoms with Crippen molar-refractivity contribution in [3.63, 3.8) is 0 Å². The summed E-state index contributed by atoms with van der Waals surface area (Å²) in [5.41, 5.74) is 4.34. The zero-order valence-corrected chi connectivity index (χ0v) is 19.2. The molecule has 0 radical (unpaired) electrons. The molecule has 1 aliphatic heterocycles. The minimum atomic E-state index is 0.138. The van der Waals surface area contributed by atoms with E-state index in [1.54, 1.807) is 18.7 Å². The zero-order valence-electron chi connectivity index (χ0n) is 19.2. The van der Waals surface area contributed by atoms with Crippen molar-refractivity contribution in [2.75, 3.05) is 36.5 Å². The summed E-state index contributed by atoms with van der Waals surface area (Å²) in [4.78, 5) is 20.4. The Morgan fingerprint density at radius 1 is 1.00 bits per heavy atom. The summed E-state index contributed by atoms with van der Waals surface area (Å²) in [6.07, 6.45) is 9.14. The average Bonchev–Trinajstić information content (AvgIpc) is 3.34. The van der Waals surface area contributed by atoms with E-state index in [4.69, 9.17) is 13.9 Å². The second-order valence-electron chi connectivity index (χ2n) is 8.96. The van der Waals surface area contributed by atoms with Crippen LogP contribution in [0.3, 0.4) is 0 Å². The maximum absolute atomic E-state index is 6.54. The average molecular weight is 461 g/mol. The second-order valence-corrected chi connectivity index (χ2v) is 8.96. The van der Waals surface area contributed by atoms with E-state index in [2.05, 4.69) is 42.3 Å². The van der Waals surface area contributed by atoms with Gasteiger partial charge in [0, 0.05) is 49.3 Å². The van der Waals surface area contributed by atoms with E-state index in [0.717, 1.165) is 91.6 Å². The summed E-state index contributed by atoms with van der Waals surface area (Å²) in [7, 11) is 0. The van der Waals surface area contributed by atoms with Crippen LogP contribution in [0.4, 0.5) is 11.5 Å². The van der Waals surface area contributed by atoms with Gasteiger partial charge in [-0.15, -0.1) is 0 Å². The lowest BCUT2D eigenvalue weighted by atomic mass is 9.93. The summed E-state index contributed by atoms with van der Waals surface area (Å²) in [6.45, 7) is 5.12. The van der Waals surface area contributed by atoms with Gasteiger partial charge >= 0.3 is 0 Å². The maximum Gasteiger partial charge on any atom is 0.194 e. The highest BCUT2D eigenvalue weighted by Crippen LogP contribution is 2.33. The predicted octanol–water partition coefficient (Wildman–Crippen LogP) is 4.11. The van der Waals surface area contributed by atoms with Gasteiger partial charge in [0.25, 0.3) is 0 Å². The van der Waals surface area contributed by atoms with Gasteiger partial charge in [0.1, 0.15) is 22.6 Å². The fourth-order valence-corrected chi connectivity index (χ4v) is 4.90. The second kappa shape index (κ2) is 9.06. The van der Waals surface area contributed by atoms with Crippen molar-refractivity contribution < 1.29 is 13.9 Å². The number of aromatic nitrogens is 4. The number of fused-ring (bicyclic) bond motifs is 2. The van der Waals surface area contributed by atoms with E-state index in [9.17, 15) is 0 Å². The molecule has 1 saturated carbocycles. The molecule has 1 aliphatic carbocycles. The van der Waals surface area contributed by atoms with Gasteiger partial charge in [-0.25, -0.2) is 15.0 Å². The van der Waals surface area contributed by atoms with E-state index in [1.807, 2.05) is 13.0 Å². The lowest BCUT2D eigenvalue weighted by molar-refractivity contribution is 0.122. The number of benzene rings is 1. The first-order valence-electron chi connectivity index (χ1n) is 12.0. The number of nitrogens with one attached hydrogen (secondary N) is 1. The number of hydrogen-bond acceptors (Lipinski definition) is 9. The summed E-state index contributed by atoms with van der Waals surface area (Å²) < 4.78 is 17.7. The maximum atomic E-state index is 6.54. The first-order valence-corrected chi connectivity index (χ1v) is 12.0. The highest BCUT2D eigenvalue weighted by atomic mass is 16.5. The van der Waals surface area contributed by atoms with Crippen LogP contribution in [-0.2, 0) is 4.74 Å². The molecule has 176 valence electrons. The van der Waals surface area contributed by atoms with Crippen LogP contribution < -0.4 is 15.0 Å². The van der Waals surface area contributed by atoms with E-state index in [1.165, 1.54) is 0 Å². The van der Waals surface area contributed by atoms with Gasteiger partial charge in [0.2, 0.25) is 0 Å². The Kier molecular flexibility index (Phi) is 5.62. The van der Waals surface area contributed by atoms with Gasteiger partial charge < -0.3 is 24.1 Å². The Morgan fingerprint density at radius 3 is 2.68 bits per heavy atom. The van der Waals surface area contributed by atoms with Crippen molar-refractivity contribution in [2.24, 2.45) is 0 Å². The molecule has 2 fully saturated rings. The van der Waals surface area contributed by atoms with Crippen molar-refractivity contribution in [1.82, 2.24) is 19.9 Å². The molecule has 4 heterocycles. The van der Waals surface area contributed by atoms with Crippen LogP contribution in [0.2, 0.25) is 0 Å². The first kappa shape index (κ1) is 21.1. The van der Waals surface area contributed by atoms with Gasteiger partial charge in [0.05, 0.1) is 31.1 Å². The van der Waals surface area contributed by atoms with Crippen LogP contribution in [0.1, 0.15) is 31.5 Å². The molecule has 3 aromatic heterocycles. The Labute approximate surface area is 197 Å². The molecule has 9 heteroatoms. The monoisotopic (exact) mass is 460 g/mol. The SMILES string of the molecule is Cc1nc(NC2CCC(Oc3cc(N4CCOCC4)cc4nccnc34)CC2)c2occc2n1. The Morgan fingerprint density at radius 2 is 1.82 bits per heavy atom. The number of morpholine rings is 1. The van der Waals surface area contributed by atoms with Crippen LogP contribution in [0, 0.1) is 6.92 Å². The number of nitrogens with zero attached hydrogens (tertiary/aromatic N) is 5. The van der Waals surface area contributed by atoms with E-state index >= 15 is 0 Å². The lowest BCUT2D eigenvalue weighted by Gasteiger charge is -2.31. The lowest BCUT2D eigenvalue weighted by Crippen LogP contribution is -2.36. The molecule has 0 amide bonds. The standard InChI is InChI=1S/C25H28N6O3/c1-16-28-20-6-11-33-24(20)25(29-16)30-17-2-4-19(5-3-17)34-22-15-18(31-9-12-32-13-10-31)14-21-23(22)27-8-7-26-21/h6-8,11,14-15,17,19H,2-5,9-10,12-13H2,1H3,(H,28,29,30). The normalized spacial score (nSPS) is 21.1. The van der Waals surface area contributed by atoms with E-state index < -0.39 is 0 Å². The van der Waals surface area contributed by atoms with Crippen molar-refractivity contribution in [3.05, 3.63) is 42.7 Å². The van der Waals surface area contributed by atoms with Gasteiger partial charge in [-0.2, -0.15) is 0 Å². The summed E-state index contributed by atoms with van der Waals surface area (Å²) in [5.74, 6) is 2.32. The van der Waals surface area contributed by atoms with Gasteiger partial charge in [0.15, 0.2) is 11.4 Å².